The number of nitrogens with one attached hydrogen (secondary N) is 2. The topological polar surface area (TPSA) is 151 Å². The number of carbonyl (C=O) groups is 2. The van der Waals surface area contributed by atoms with Gasteiger partial charge in [0, 0.05) is 24.1 Å². The van der Waals surface area contributed by atoms with Crippen LogP contribution in [0.15, 0.2) is 51.3 Å². The maximum atomic E-state index is 12.4. The maximum Gasteiger partial charge on any atom is 0.234 e. The van der Waals surface area contributed by atoms with Gasteiger partial charge in [0.15, 0.2) is 15.8 Å². The van der Waals surface area contributed by atoms with Crippen LogP contribution in [0.3, 0.4) is 0 Å². The van der Waals surface area contributed by atoms with E-state index in [9.17, 15) is 9.59 Å². The number of hydrogen-bond donors (Lipinski definition) is 2. The van der Waals surface area contributed by atoms with Crippen molar-refractivity contribution < 1.29 is 28.3 Å². The molecule has 0 spiro atoms. The van der Waals surface area contributed by atoms with Crippen molar-refractivity contribution in [1.82, 2.24) is 20.3 Å². The average Bonchev–Trinajstić information content (AvgIpc) is 3.60. The Bertz CT molecular complexity index is 1390. The molecule has 2 aromatic carbocycles. The molecule has 2 heterocycles. The highest BCUT2D eigenvalue weighted by molar-refractivity contribution is 8.01. The molecule has 0 bridgehead atoms. The summed E-state index contributed by atoms with van der Waals surface area (Å²) in [5.74, 6) is 2.22. The summed E-state index contributed by atoms with van der Waals surface area (Å²) in [5.41, 5.74) is 1.36. The van der Waals surface area contributed by atoms with Gasteiger partial charge in [0.05, 0.1) is 27.1 Å². The fourth-order valence-corrected chi connectivity index (χ4v) is 4.74. The van der Waals surface area contributed by atoms with Gasteiger partial charge in [-0.15, -0.1) is 10.2 Å². The normalized spacial score (nSPS) is 10.6. The van der Waals surface area contributed by atoms with Crippen LogP contribution in [0.25, 0.3) is 11.4 Å². The number of hydrogen-bond acceptors (Lipinski definition) is 12. The van der Waals surface area contributed by atoms with E-state index >= 15 is 0 Å². The molecule has 2 amide bonds. The average molecular weight is 557 g/mol. The monoisotopic (exact) mass is 556 g/mol. The van der Waals surface area contributed by atoms with E-state index in [0.29, 0.717) is 49.7 Å². The van der Waals surface area contributed by atoms with E-state index in [0.717, 1.165) is 0 Å². The lowest BCUT2D eigenvalue weighted by Gasteiger charge is -2.07. The van der Waals surface area contributed by atoms with Crippen molar-refractivity contribution in [3.63, 3.8) is 0 Å². The van der Waals surface area contributed by atoms with Crippen molar-refractivity contribution in [2.75, 3.05) is 37.7 Å². The van der Waals surface area contributed by atoms with E-state index in [1.165, 1.54) is 23.1 Å². The van der Waals surface area contributed by atoms with Gasteiger partial charge >= 0.3 is 0 Å². The molecule has 0 radical (unpaired) electrons. The molecular weight excluding hydrogens is 532 g/mol. The molecule has 0 aliphatic rings. The molecule has 14 heteroatoms. The summed E-state index contributed by atoms with van der Waals surface area (Å²) < 4.78 is 21.5. The quantitative estimate of drug-likeness (QED) is 0.193. The number of benzene rings is 2. The number of thioether (sulfide) groups is 1. The summed E-state index contributed by atoms with van der Waals surface area (Å²) in [6, 6.07) is 12.3. The second-order valence-corrected chi connectivity index (χ2v) is 9.77. The molecule has 0 unspecified atom stereocenters. The van der Waals surface area contributed by atoms with Crippen LogP contribution in [-0.2, 0) is 16.0 Å². The Balaban J connectivity index is 1.22. The Morgan fingerprint density at radius 3 is 2.47 bits per heavy atom. The molecule has 198 valence electrons. The third-order valence-corrected chi connectivity index (χ3v) is 7.00. The molecule has 4 aromatic rings. The predicted molar refractivity (Wildman–Crippen MR) is 142 cm³/mol. The van der Waals surface area contributed by atoms with Gasteiger partial charge in [0.2, 0.25) is 28.7 Å². The Kier molecular flexibility index (Phi) is 9.11. The van der Waals surface area contributed by atoms with Gasteiger partial charge in [-0.05, 0) is 42.5 Å². The second kappa shape index (κ2) is 12.9. The van der Waals surface area contributed by atoms with Crippen LogP contribution in [0.5, 0.6) is 17.2 Å². The first-order valence-corrected chi connectivity index (χ1v) is 13.0. The van der Waals surface area contributed by atoms with Crippen molar-refractivity contribution in [2.24, 2.45) is 0 Å². The van der Waals surface area contributed by atoms with Gasteiger partial charge in [0.25, 0.3) is 0 Å². The smallest absolute Gasteiger partial charge is 0.234 e. The Morgan fingerprint density at radius 2 is 1.74 bits per heavy atom. The molecule has 38 heavy (non-hydrogen) atoms. The summed E-state index contributed by atoms with van der Waals surface area (Å²) in [6.45, 7) is 0. The number of methoxy groups -OCH3 is 3. The molecule has 0 saturated heterocycles. The van der Waals surface area contributed by atoms with Gasteiger partial charge in [0.1, 0.15) is 5.75 Å². The molecule has 2 N–H and O–H groups in total. The second-order valence-electron chi connectivity index (χ2n) is 7.57. The summed E-state index contributed by atoms with van der Waals surface area (Å²) in [7, 11) is 4.68. The Labute approximate surface area is 226 Å². The fraction of sp³-hybridized carbons (Fsp3) is 0.250. The zero-order valence-electron chi connectivity index (χ0n) is 20.7. The highest BCUT2D eigenvalue weighted by atomic mass is 32.2. The zero-order valence-corrected chi connectivity index (χ0v) is 22.4. The molecular formula is C24H24N6O6S2. The van der Waals surface area contributed by atoms with Crippen LogP contribution < -0.4 is 24.8 Å². The molecule has 0 aliphatic carbocycles. The van der Waals surface area contributed by atoms with Crippen molar-refractivity contribution >= 4 is 45.7 Å². The molecule has 0 fully saturated rings. The van der Waals surface area contributed by atoms with E-state index < -0.39 is 0 Å². The summed E-state index contributed by atoms with van der Waals surface area (Å²) >= 11 is 2.41. The number of aryl methyl sites for hydroxylation is 1. The number of aromatic nitrogens is 4. The van der Waals surface area contributed by atoms with E-state index in [-0.39, 0.29) is 30.4 Å². The van der Waals surface area contributed by atoms with Gasteiger partial charge < -0.3 is 29.4 Å². The van der Waals surface area contributed by atoms with Crippen LogP contribution in [-0.4, -0.2) is 59.2 Å². The molecule has 2 aromatic heterocycles. The lowest BCUT2D eigenvalue weighted by atomic mass is 10.2. The van der Waals surface area contributed by atoms with Gasteiger partial charge in [-0.25, -0.2) is 0 Å². The maximum absolute atomic E-state index is 12.4. The van der Waals surface area contributed by atoms with Crippen LogP contribution >= 0.6 is 23.1 Å². The van der Waals surface area contributed by atoms with Crippen LogP contribution in [0.2, 0.25) is 0 Å². The van der Waals surface area contributed by atoms with E-state index in [1.807, 2.05) is 0 Å². The number of ether oxygens (including phenoxy) is 3. The minimum atomic E-state index is -0.277. The summed E-state index contributed by atoms with van der Waals surface area (Å²) in [4.78, 5) is 28.9. The Hall–Kier alpha value is -4.17. The molecule has 12 nitrogen and oxygen atoms in total. The lowest BCUT2D eigenvalue weighted by molar-refractivity contribution is -0.116. The molecule has 0 saturated carbocycles. The first-order valence-electron chi connectivity index (χ1n) is 11.2. The number of carbonyl (C=O) groups excluding carboxylic acids is 2. The van der Waals surface area contributed by atoms with Gasteiger partial charge in [-0.3, -0.25) is 9.59 Å². The first kappa shape index (κ1) is 26.9. The first-order chi connectivity index (χ1) is 18.5. The van der Waals surface area contributed by atoms with Crippen LogP contribution in [0.1, 0.15) is 12.3 Å². The third kappa shape index (κ3) is 7.20. The lowest BCUT2D eigenvalue weighted by Crippen LogP contribution is -2.13. The number of rotatable bonds is 12. The molecule has 0 atom stereocenters. The van der Waals surface area contributed by atoms with E-state index in [4.69, 9.17) is 18.7 Å². The summed E-state index contributed by atoms with van der Waals surface area (Å²) in [5, 5.41) is 17.8. The highest BCUT2D eigenvalue weighted by Gasteiger charge is 2.15. The van der Waals surface area contributed by atoms with Crippen molar-refractivity contribution in [1.29, 1.82) is 0 Å². The third-order valence-electron chi connectivity index (χ3n) is 5.03. The van der Waals surface area contributed by atoms with E-state index in [2.05, 4.69) is 31.0 Å². The standard InChI is InChI=1S/C24H24N6O6S2/c1-33-16-7-5-15(6-8-16)25-20(32)13-37-24-29-28-23(38-24)26-19(31)10-11-21-27-22(30-36-21)14-4-9-17(34-2)18(12-14)35-3/h4-9,12H,10-11,13H2,1-3H3,(H,25,32)(H,26,28,31). The van der Waals surface area contributed by atoms with E-state index in [1.54, 1.807) is 63.8 Å². The highest BCUT2D eigenvalue weighted by Crippen LogP contribution is 2.31. The van der Waals surface area contributed by atoms with Gasteiger partial charge in [-0.1, -0.05) is 28.3 Å². The van der Waals surface area contributed by atoms with Crippen LogP contribution in [0.4, 0.5) is 10.8 Å². The fourth-order valence-electron chi connectivity index (χ4n) is 3.17. The van der Waals surface area contributed by atoms with Crippen molar-refractivity contribution in [2.45, 2.75) is 17.2 Å². The van der Waals surface area contributed by atoms with Crippen molar-refractivity contribution in [3.8, 4) is 28.6 Å². The predicted octanol–water partition coefficient (Wildman–Crippen LogP) is 3.92. The molecule has 0 aliphatic heterocycles. The van der Waals surface area contributed by atoms with Crippen molar-refractivity contribution in [3.05, 3.63) is 48.4 Å². The largest absolute Gasteiger partial charge is 0.497 e. The zero-order chi connectivity index (χ0) is 26.9. The minimum Gasteiger partial charge on any atom is -0.497 e. The number of nitrogens with zero attached hydrogens (tertiary/aromatic N) is 4. The SMILES string of the molecule is COc1ccc(NC(=O)CSc2nnc(NC(=O)CCc3nc(-c4ccc(OC)c(OC)c4)no3)s2)cc1. The van der Waals surface area contributed by atoms with Crippen LogP contribution in [0, 0.1) is 0 Å². The Morgan fingerprint density at radius 1 is 0.947 bits per heavy atom. The number of amides is 2. The summed E-state index contributed by atoms with van der Waals surface area (Å²) in [6.07, 6.45) is 0.359. The molecule has 4 rings (SSSR count). The minimum absolute atomic E-state index is 0.111. The number of anilines is 2. The van der Waals surface area contributed by atoms with Gasteiger partial charge in [-0.2, -0.15) is 4.98 Å².